The number of rotatable bonds is 6. The molecule has 0 N–H and O–H groups in total. The number of hydrogen-bond acceptors (Lipinski definition) is 4. The van der Waals surface area contributed by atoms with Crippen LogP contribution in [0.1, 0.15) is 33.1 Å². The van der Waals surface area contributed by atoms with Crippen molar-refractivity contribution in [2.45, 2.75) is 44.8 Å². The van der Waals surface area contributed by atoms with Gasteiger partial charge in [-0.05, 0) is 26.7 Å². The van der Waals surface area contributed by atoms with Gasteiger partial charge in [-0.3, -0.25) is 9.69 Å². The molecule has 0 atom stereocenters. The zero-order valence-corrected chi connectivity index (χ0v) is 11.9. The molecule has 0 spiro atoms. The number of carbonyl (C=O) groups is 1. The van der Waals surface area contributed by atoms with Crippen molar-refractivity contribution in [1.29, 1.82) is 0 Å². The molecule has 1 aliphatic carbocycles. The lowest BCUT2D eigenvalue weighted by Gasteiger charge is -2.35. The lowest BCUT2D eigenvalue weighted by atomic mass is 10.0. The van der Waals surface area contributed by atoms with E-state index in [1.807, 2.05) is 13.8 Å². The molecule has 2 fully saturated rings. The lowest BCUT2D eigenvalue weighted by Crippen LogP contribution is -2.48. The van der Waals surface area contributed by atoms with Gasteiger partial charge >= 0.3 is 0 Å². The summed E-state index contributed by atoms with van der Waals surface area (Å²) in [6.45, 7) is 9.14. The van der Waals surface area contributed by atoms with E-state index in [9.17, 15) is 4.79 Å². The largest absolute Gasteiger partial charge is 0.371 e. The molecule has 18 heavy (non-hydrogen) atoms. The van der Waals surface area contributed by atoms with Crippen LogP contribution in [0.2, 0.25) is 0 Å². The minimum Gasteiger partial charge on any atom is -0.371 e. The van der Waals surface area contributed by atoms with Crippen LogP contribution in [0.25, 0.3) is 0 Å². The van der Waals surface area contributed by atoms with E-state index in [1.54, 1.807) is 7.11 Å². The highest BCUT2D eigenvalue weighted by Crippen LogP contribution is 2.27. The molecule has 2 rings (SSSR count). The number of Topliss-reactive ketones (excluding diaryl/α,β-unsaturated/α-hetero) is 1. The van der Waals surface area contributed by atoms with Crippen molar-refractivity contribution in [2.75, 3.05) is 39.8 Å². The van der Waals surface area contributed by atoms with E-state index in [1.165, 1.54) is 25.9 Å². The summed E-state index contributed by atoms with van der Waals surface area (Å²) in [7, 11) is 1.60. The average Bonchev–Trinajstić information content (AvgIpc) is 3.20. The molecule has 1 saturated carbocycles. The minimum atomic E-state index is -0.629. The van der Waals surface area contributed by atoms with Crippen LogP contribution in [-0.4, -0.2) is 67.1 Å². The Morgan fingerprint density at radius 1 is 1.22 bits per heavy atom. The van der Waals surface area contributed by atoms with Crippen molar-refractivity contribution < 1.29 is 9.53 Å². The fourth-order valence-corrected chi connectivity index (χ4v) is 2.47. The molecule has 0 bridgehead atoms. The molecule has 1 heterocycles. The van der Waals surface area contributed by atoms with E-state index in [2.05, 4.69) is 9.80 Å². The second-order valence-corrected chi connectivity index (χ2v) is 6.00. The van der Waals surface area contributed by atoms with Gasteiger partial charge in [0.05, 0.1) is 0 Å². The Labute approximate surface area is 110 Å². The molecular weight excluding hydrogens is 228 g/mol. The molecule has 104 valence electrons. The Hall–Kier alpha value is -0.450. The van der Waals surface area contributed by atoms with Gasteiger partial charge in [0.2, 0.25) is 0 Å². The van der Waals surface area contributed by atoms with Gasteiger partial charge in [-0.25, -0.2) is 0 Å². The van der Waals surface area contributed by atoms with Crippen molar-refractivity contribution in [3.05, 3.63) is 0 Å². The van der Waals surface area contributed by atoms with Gasteiger partial charge in [0, 0.05) is 52.3 Å². The molecule has 0 radical (unpaired) electrons. The normalized spacial score (nSPS) is 23.3. The molecule has 0 aromatic rings. The van der Waals surface area contributed by atoms with E-state index < -0.39 is 5.60 Å². The quantitative estimate of drug-likeness (QED) is 0.712. The highest BCUT2D eigenvalue weighted by atomic mass is 16.5. The predicted octanol–water partition coefficient (Wildman–Crippen LogP) is 1.15. The first-order valence-electron chi connectivity index (χ1n) is 7.08. The second kappa shape index (κ2) is 5.68. The van der Waals surface area contributed by atoms with Crippen molar-refractivity contribution in [3.63, 3.8) is 0 Å². The van der Waals surface area contributed by atoms with Crippen LogP contribution in [-0.2, 0) is 9.53 Å². The summed E-state index contributed by atoms with van der Waals surface area (Å²) in [5, 5.41) is 0. The topological polar surface area (TPSA) is 32.8 Å². The van der Waals surface area contributed by atoms with Gasteiger partial charge in [0.15, 0.2) is 5.78 Å². The van der Waals surface area contributed by atoms with Gasteiger partial charge < -0.3 is 9.64 Å². The van der Waals surface area contributed by atoms with E-state index in [4.69, 9.17) is 4.74 Å². The van der Waals surface area contributed by atoms with E-state index in [0.717, 1.165) is 25.7 Å². The Balaban J connectivity index is 1.67. The summed E-state index contributed by atoms with van der Waals surface area (Å²) in [6, 6.07) is 0.876. The third-order valence-electron chi connectivity index (χ3n) is 4.31. The van der Waals surface area contributed by atoms with Crippen molar-refractivity contribution >= 4 is 5.78 Å². The molecule has 1 aliphatic heterocycles. The van der Waals surface area contributed by atoms with E-state index in [-0.39, 0.29) is 5.78 Å². The van der Waals surface area contributed by atoms with Gasteiger partial charge in [-0.2, -0.15) is 0 Å². The van der Waals surface area contributed by atoms with Gasteiger partial charge in [-0.15, -0.1) is 0 Å². The van der Waals surface area contributed by atoms with Crippen molar-refractivity contribution in [2.24, 2.45) is 0 Å². The number of hydrogen-bond donors (Lipinski definition) is 0. The Bertz CT molecular complexity index is 292. The molecule has 1 saturated heterocycles. The third kappa shape index (κ3) is 3.53. The fraction of sp³-hybridized carbons (Fsp3) is 0.929. The molecule has 0 aromatic heterocycles. The summed E-state index contributed by atoms with van der Waals surface area (Å²) in [4.78, 5) is 17.0. The van der Waals surface area contributed by atoms with Gasteiger partial charge in [0.1, 0.15) is 5.60 Å². The summed E-state index contributed by atoms with van der Waals surface area (Å²) >= 11 is 0. The summed E-state index contributed by atoms with van der Waals surface area (Å²) in [5.41, 5.74) is -0.629. The van der Waals surface area contributed by atoms with Gasteiger partial charge in [-0.1, -0.05) is 0 Å². The first-order chi connectivity index (χ1) is 8.53. The van der Waals surface area contributed by atoms with Crippen LogP contribution >= 0.6 is 0 Å². The zero-order chi connectivity index (χ0) is 13.2. The maximum Gasteiger partial charge on any atom is 0.165 e. The molecule has 0 amide bonds. The Kier molecular flexibility index (Phi) is 4.41. The van der Waals surface area contributed by atoms with Crippen LogP contribution in [0.15, 0.2) is 0 Å². The van der Waals surface area contributed by atoms with Crippen LogP contribution in [0, 0.1) is 0 Å². The number of ether oxygens (including phenoxy) is 1. The number of methoxy groups -OCH3 is 1. The molecule has 4 heteroatoms. The number of carbonyl (C=O) groups excluding carboxylic acids is 1. The number of piperazine rings is 1. The first-order valence-corrected chi connectivity index (χ1v) is 7.08. The third-order valence-corrected chi connectivity index (χ3v) is 4.31. The molecule has 0 unspecified atom stereocenters. The number of ketones is 1. The van der Waals surface area contributed by atoms with Crippen molar-refractivity contribution in [3.8, 4) is 0 Å². The van der Waals surface area contributed by atoms with Crippen LogP contribution in [0.5, 0.6) is 0 Å². The monoisotopic (exact) mass is 254 g/mol. The highest BCUT2D eigenvalue weighted by molar-refractivity contribution is 5.86. The maximum absolute atomic E-state index is 12.0. The SMILES string of the molecule is COC(C)(C)C(=O)CCN1CCN(C2CC2)CC1. The predicted molar refractivity (Wildman–Crippen MR) is 71.7 cm³/mol. The molecule has 4 nitrogen and oxygen atoms in total. The zero-order valence-electron chi connectivity index (χ0n) is 11.9. The van der Waals surface area contributed by atoms with Gasteiger partial charge in [0.25, 0.3) is 0 Å². The first kappa shape index (κ1) is 14.0. The highest BCUT2D eigenvalue weighted by Gasteiger charge is 2.32. The summed E-state index contributed by atoms with van der Waals surface area (Å²) < 4.78 is 5.22. The van der Waals surface area contributed by atoms with E-state index in [0.29, 0.717) is 6.42 Å². The van der Waals surface area contributed by atoms with Crippen LogP contribution in [0.3, 0.4) is 0 Å². The van der Waals surface area contributed by atoms with E-state index >= 15 is 0 Å². The van der Waals surface area contributed by atoms with Crippen molar-refractivity contribution in [1.82, 2.24) is 9.80 Å². The summed E-state index contributed by atoms with van der Waals surface area (Å²) in [5.74, 6) is 0.203. The molecule has 2 aliphatic rings. The second-order valence-electron chi connectivity index (χ2n) is 6.00. The number of nitrogens with zero attached hydrogens (tertiary/aromatic N) is 2. The lowest BCUT2D eigenvalue weighted by molar-refractivity contribution is -0.137. The average molecular weight is 254 g/mol. The van der Waals surface area contributed by atoms with Crippen LogP contribution in [0.4, 0.5) is 0 Å². The fourth-order valence-electron chi connectivity index (χ4n) is 2.47. The summed E-state index contributed by atoms with van der Waals surface area (Å²) in [6.07, 6.45) is 3.38. The van der Waals surface area contributed by atoms with Crippen LogP contribution < -0.4 is 0 Å². The Morgan fingerprint density at radius 3 is 2.33 bits per heavy atom. The Morgan fingerprint density at radius 2 is 1.83 bits per heavy atom. The standard InChI is InChI=1S/C14H26N2O2/c1-14(2,18-3)13(17)6-7-15-8-10-16(11-9-15)12-4-5-12/h12H,4-11H2,1-3H3. The molecular formula is C14H26N2O2. The maximum atomic E-state index is 12.0. The molecule has 0 aromatic carbocycles. The minimum absolute atomic E-state index is 0.203. The smallest absolute Gasteiger partial charge is 0.165 e.